The number of rotatable bonds is 3. The van der Waals surface area contributed by atoms with Gasteiger partial charge in [-0.05, 0) is 18.8 Å². The van der Waals surface area contributed by atoms with Crippen LogP contribution in [0, 0.1) is 5.92 Å². The van der Waals surface area contributed by atoms with Gasteiger partial charge >= 0.3 is 0 Å². The summed E-state index contributed by atoms with van der Waals surface area (Å²) in [5.41, 5.74) is 0.298. The molecule has 1 saturated heterocycles. The Morgan fingerprint density at radius 2 is 2.26 bits per heavy atom. The minimum atomic E-state index is -0.470. The van der Waals surface area contributed by atoms with Crippen LogP contribution in [0.3, 0.4) is 0 Å². The monoisotopic (exact) mass is 277 g/mol. The summed E-state index contributed by atoms with van der Waals surface area (Å²) in [6, 6.07) is 1.59. The fourth-order valence-electron chi connectivity index (χ4n) is 2.92. The van der Waals surface area contributed by atoms with Gasteiger partial charge in [-0.1, -0.05) is 0 Å². The summed E-state index contributed by atoms with van der Waals surface area (Å²) in [6.07, 6.45) is 4.06. The van der Waals surface area contributed by atoms with Crippen molar-refractivity contribution in [2.45, 2.75) is 25.0 Å². The highest BCUT2D eigenvalue weighted by Gasteiger charge is 2.51. The van der Waals surface area contributed by atoms with Gasteiger partial charge in [0.25, 0.3) is 5.56 Å². The Hall–Kier alpha value is -1.24. The molecule has 5 nitrogen and oxygen atoms in total. The second-order valence-electron chi connectivity index (χ2n) is 5.66. The molecule has 100 valence electrons. The van der Waals surface area contributed by atoms with Gasteiger partial charge in [-0.2, -0.15) is 0 Å². The van der Waals surface area contributed by atoms with E-state index in [0.29, 0.717) is 25.6 Å². The van der Waals surface area contributed by atoms with Gasteiger partial charge in [0.2, 0.25) is 0 Å². The van der Waals surface area contributed by atoms with Gasteiger partial charge in [0, 0.05) is 37.3 Å². The molecule has 4 rings (SSSR count). The zero-order valence-electron chi connectivity index (χ0n) is 10.5. The third-order valence-electron chi connectivity index (χ3n) is 4.07. The number of β-amino-alcohol motifs (C(OH)–C–C–N with tert-alkyl or cyclic N) is 1. The Bertz CT molecular complexity index is 682. The molecule has 0 atom stereocenters. The molecule has 0 unspecified atom stereocenters. The topological polar surface area (TPSA) is 57.8 Å². The highest BCUT2D eigenvalue weighted by atomic mass is 32.1. The van der Waals surface area contributed by atoms with E-state index in [1.165, 1.54) is 11.3 Å². The molecule has 19 heavy (non-hydrogen) atoms. The molecule has 3 heterocycles. The molecule has 1 aliphatic carbocycles. The lowest BCUT2D eigenvalue weighted by Gasteiger charge is -2.46. The zero-order chi connectivity index (χ0) is 13.0. The largest absolute Gasteiger partial charge is 0.387 e. The first-order valence-corrected chi connectivity index (χ1v) is 7.43. The lowest BCUT2D eigenvalue weighted by Crippen LogP contribution is -2.62. The number of likely N-dealkylation sites (tertiary alicyclic amines) is 1. The summed E-state index contributed by atoms with van der Waals surface area (Å²) in [4.78, 5) is 19.2. The van der Waals surface area contributed by atoms with Crippen LogP contribution < -0.4 is 5.56 Å². The minimum absolute atomic E-state index is 0.0285. The van der Waals surface area contributed by atoms with Crippen molar-refractivity contribution in [1.82, 2.24) is 14.3 Å². The van der Waals surface area contributed by atoms with E-state index in [0.717, 1.165) is 23.5 Å². The normalized spacial score (nSPS) is 22.6. The van der Waals surface area contributed by atoms with Crippen molar-refractivity contribution < 1.29 is 5.11 Å². The first kappa shape index (κ1) is 11.6. The van der Waals surface area contributed by atoms with E-state index >= 15 is 0 Å². The predicted octanol–water partition coefficient (Wildman–Crippen LogP) is 0.713. The fourth-order valence-corrected chi connectivity index (χ4v) is 3.66. The Morgan fingerprint density at radius 1 is 1.47 bits per heavy atom. The molecule has 2 aliphatic rings. The van der Waals surface area contributed by atoms with Crippen molar-refractivity contribution >= 4 is 16.3 Å². The zero-order valence-corrected chi connectivity index (χ0v) is 11.3. The molecule has 0 aromatic carbocycles. The standard InChI is InChI=1S/C13H15N3O2S/c17-11-5-10(14-12-16(11)3-4-19-12)6-15-7-13(18,8-15)9-1-2-9/h3-5,9,18H,1-2,6-8H2. The highest BCUT2D eigenvalue weighted by molar-refractivity contribution is 7.15. The van der Waals surface area contributed by atoms with Gasteiger partial charge in [-0.25, -0.2) is 4.98 Å². The Morgan fingerprint density at radius 3 is 3.00 bits per heavy atom. The van der Waals surface area contributed by atoms with Crippen molar-refractivity contribution in [2.75, 3.05) is 13.1 Å². The van der Waals surface area contributed by atoms with Crippen molar-refractivity contribution in [1.29, 1.82) is 0 Å². The smallest absolute Gasteiger partial charge is 0.258 e. The van der Waals surface area contributed by atoms with Gasteiger partial charge < -0.3 is 5.11 Å². The van der Waals surface area contributed by atoms with Gasteiger partial charge in [0.05, 0.1) is 11.3 Å². The third-order valence-corrected chi connectivity index (χ3v) is 4.83. The predicted molar refractivity (Wildman–Crippen MR) is 72.3 cm³/mol. The number of nitrogens with zero attached hydrogens (tertiary/aromatic N) is 3. The Balaban J connectivity index is 1.51. The lowest BCUT2D eigenvalue weighted by molar-refractivity contribution is -0.117. The molecule has 1 N–H and O–H groups in total. The molecule has 2 fully saturated rings. The fraction of sp³-hybridized carbons (Fsp3) is 0.538. The molecule has 0 amide bonds. The molecule has 1 aliphatic heterocycles. The quantitative estimate of drug-likeness (QED) is 0.898. The van der Waals surface area contributed by atoms with E-state index in [2.05, 4.69) is 9.88 Å². The molecular formula is C13H15N3O2S. The number of aliphatic hydroxyl groups is 1. The average Bonchev–Trinajstić information content (AvgIpc) is 3.07. The summed E-state index contributed by atoms with van der Waals surface area (Å²) < 4.78 is 1.56. The second kappa shape index (κ2) is 3.88. The summed E-state index contributed by atoms with van der Waals surface area (Å²) in [5, 5.41) is 12.1. The van der Waals surface area contributed by atoms with Crippen molar-refractivity contribution in [3.05, 3.63) is 33.7 Å². The van der Waals surface area contributed by atoms with Crippen LogP contribution in [0.25, 0.3) is 4.96 Å². The average molecular weight is 277 g/mol. The summed E-state index contributed by atoms with van der Waals surface area (Å²) >= 11 is 1.47. The Labute approximate surface area is 114 Å². The number of thiazole rings is 1. The van der Waals surface area contributed by atoms with Crippen molar-refractivity contribution in [2.24, 2.45) is 5.92 Å². The highest BCUT2D eigenvalue weighted by Crippen LogP contribution is 2.44. The maximum atomic E-state index is 11.9. The van der Waals surface area contributed by atoms with Crippen LogP contribution in [0.2, 0.25) is 0 Å². The van der Waals surface area contributed by atoms with Crippen LogP contribution >= 0.6 is 11.3 Å². The van der Waals surface area contributed by atoms with Gasteiger partial charge in [0.15, 0.2) is 4.96 Å². The van der Waals surface area contributed by atoms with Crippen LogP contribution in [0.15, 0.2) is 22.4 Å². The van der Waals surface area contributed by atoms with Crippen molar-refractivity contribution in [3.63, 3.8) is 0 Å². The summed E-state index contributed by atoms with van der Waals surface area (Å²) in [7, 11) is 0. The van der Waals surface area contributed by atoms with E-state index in [9.17, 15) is 9.90 Å². The molecule has 1 saturated carbocycles. The SMILES string of the molecule is O=c1cc(CN2CC(O)(C3CC3)C2)nc2sccn12. The van der Waals surface area contributed by atoms with Crippen molar-refractivity contribution in [3.8, 4) is 0 Å². The van der Waals surface area contributed by atoms with Crippen LogP contribution in [0.1, 0.15) is 18.5 Å². The molecule has 0 radical (unpaired) electrons. The molecular weight excluding hydrogens is 262 g/mol. The number of hydrogen-bond donors (Lipinski definition) is 1. The summed E-state index contributed by atoms with van der Waals surface area (Å²) in [5.74, 6) is 0.502. The Kier molecular flexibility index (Phi) is 2.36. The molecule has 6 heteroatoms. The van der Waals surface area contributed by atoms with Gasteiger partial charge in [0.1, 0.15) is 0 Å². The van der Waals surface area contributed by atoms with E-state index < -0.39 is 5.60 Å². The van der Waals surface area contributed by atoms with Crippen LogP contribution in [0.5, 0.6) is 0 Å². The molecule has 2 aromatic heterocycles. The number of hydrogen-bond acceptors (Lipinski definition) is 5. The number of fused-ring (bicyclic) bond motifs is 1. The third kappa shape index (κ3) is 1.91. The first-order valence-electron chi connectivity index (χ1n) is 6.55. The van der Waals surface area contributed by atoms with E-state index in [1.54, 1.807) is 16.7 Å². The first-order chi connectivity index (χ1) is 9.14. The minimum Gasteiger partial charge on any atom is -0.387 e. The van der Waals surface area contributed by atoms with Gasteiger partial charge in [-0.3, -0.25) is 14.1 Å². The maximum Gasteiger partial charge on any atom is 0.258 e. The molecule has 2 aromatic rings. The van der Waals surface area contributed by atoms with E-state index in [-0.39, 0.29) is 5.56 Å². The molecule has 0 spiro atoms. The maximum absolute atomic E-state index is 11.9. The van der Waals surface area contributed by atoms with E-state index in [4.69, 9.17) is 0 Å². The van der Waals surface area contributed by atoms with E-state index in [1.807, 2.05) is 5.38 Å². The van der Waals surface area contributed by atoms with Crippen LogP contribution in [-0.2, 0) is 6.54 Å². The second-order valence-corrected chi connectivity index (χ2v) is 6.54. The van der Waals surface area contributed by atoms with Gasteiger partial charge in [-0.15, -0.1) is 11.3 Å². The summed E-state index contributed by atoms with van der Waals surface area (Å²) in [6.45, 7) is 2.07. The lowest BCUT2D eigenvalue weighted by atomic mass is 9.88. The van der Waals surface area contributed by atoms with Crippen LogP contribution in [0.4, 0.5) is 0 Å². The molecule has 0 bridgehead atoms. The van der Waals surface area contributed by atoms with Crippen LogP contribution in [-0.4, -0.2) is 38.1 Å². The number of aromatic nitrogens is 2.